The lowest BCUT2D eigenvalue weighted by Gasteiger charge is -2.02. The lowest BCUT2D eigenvalue weighted by atomic mass is 10.2. The molecule has 0 saturated heterocycles. The highest BCUT2D eigenvalue weighted by molar-refractivity contribution is 6.41. The maximum atomic E-state index is 11.6. The number of fused-ring (bicyclic) bond motifs is 1. The Bertz CT molecular complexity index is 494. The molecule has 5 heteroatoms. The zero-order valence-electron chi connectivity index (χ0n) is 9.40. The van der Waals surface area contributed by atoms with Gasteiger partial charge in [0, 0.05) is 0 Å². The van der Waals surface area contributed by atoms with Gasteiger partial charge in [0.05, 0.1) is 24.4 Å². The van der Waals surface area contributed by atoms with Gasteiger partial charge < -0.3 is 10.1 Å². The number of anilines is 1. The van der Waals surface area contributed by atoms with Gasteiger partial charge in [0.25, 0.3) is 0 Å². The third-order valence-corrected chi connectivity index (χ3v) is 2.27. The number of nitrogens with one attached hydrogen (secondary N) is 1. The van der Waals surface area contributed by atoms with E-state index in [4.69, 9.17) is 4.74 Å². The molecule has 0 aliphatic carbocycles. The molecule has 0 saturated carbocycles. The van der Waals surface area contributed by atoms with E-state index in [0.29, 0.717) is 11.4 Å². The van der Waals surface area contributed by atoms with E-state index in [0.717, 1.165) is 0 Å². The normalized spacial score (nSPS) is 14.2. The molecule has 2 rings (SSSR count). The van der Waals surface area contributed by atoms with Crippen LogP contribution in [0.5, 0.6) is 0 Å². The molecule has 0 atom stereocenters. The van der Waals surface area contributed by atoms with Gasteiger partial charge in [0.15, 0.2) is 0 Å². The molecule has 0 unspecified atom stereocenters. The van der Waals surface area contributed by atoms with Crippen molar-refractivity contribution in [3.63, 3.8) is 0 Å². The van der Waals surface area contributed by atoms with Crippen LogP contribution in [0.4, 0.5) is 11.4 Å². The zero-order chi connectivity index (χ0) is 12.3. The Balaban J connectivity index is 2.38. The first kappa shape index (κ1) is 11.3. The van der Waals surface area contributed by atoms with Gasteiger partial charge in [-0.1, -0.05) is 12.1 Å². The Morgan fingerprint density at radius 2 is 2.24 bits per heavy atom. The summed E-state index contributed by atoms with van der Waals surface area (Å²) < 4.78 is 4.85. The standard InChI is InChI=1S/C12H12N2O3/c1-2-17-12(16)10-7-11(15)14-9-6-4-3-5-8(9)13-10/h3-6H,2,7H2,1H3,(H,14,15). The highest BCUT2D eigenvalue weighted by atomic mass is 16.5. The third kappa shape index (κ3) is 2.50. The van der Waals surface area contributed by atoms with Crippen LogP contribution in [0.3, 0.4) is 0 Å². The average Bonchev–Trinajstić information content (AvgIpc) is 2.47. The summed E-state index contributed by atoms with van der Waals surface area (Å²) in [6.45, 7) is 1.98. The summed E-state index contributed by atoms with van der Waals surface area (Å²) in [5.41, 5.74) is 1.31. The van der Waals surface area contributed by atoms with Crippen LogP contribution in [-0.4, -0.2) is 24.2 Å². The largest absolute Gasteiger partial charge is 0.461 e. The molecule has 0 spiro atoms. The van der Waals surface area contributed by atoms with Crippen LogP contribution < -0.4 is 5.32 Å². The molecule has 17 heavy (non-hydrogen) atoms. The summed E-state index contributed by atoms with van der Waals surface area (Å²) in [4.78, 5) is 27.3. The fourth-order valence-electron chi connectivity index (χ4n) is 1.54. The van der Waals surface area contributed by atoms with Crippen LogP contribution in [0.1, 0.15) is 13.3 Å². The minimum atomic E-state index is -0.542. The number of carbonyl (C=O) groups excluding carboxylic acids is 2. The lowest BCUT2D eigenvalue weighted by Crippen LogP contribution is -2.22. The number of hydrogen-bond donors (Lipinski definition) is 1. The van der Waals surface area contributed by atoms with E-state index in [-0.39, 0.29) is 24.6 Å². The fourth-order valence-corrected chi connectivity index (χ4v) is 1.54. The zero-order valence-corrected chi connectivity index (χ0v) is 9.40. The van der Waals surface area contributed by atoms with Crippen LogP contribution in [-0.2, 0) is 14.3 Å². The van der Waals surface area contributed by atoms with Crippen molar-refractivity contribution in [1.82, 2.24) is 0 Å². The number of hydrogen-bond acceptors (Lipinski definition) is 4. The van der Waals surface area contributed by atoms with Crippen LogP contribution >= 0.6 is 0 Å². The van der Waals surface area contributed by atoms with Crippen LogP contribution in [0.2, 0.25) is 0 Å². The second-order valence-corrected chi connectivity index (χ2v) is 3.52. The second kappa shape index (κ2) is 4.78. The number of benzene rings is 1. The quantitative estimate of drug-likeness (QED) is 0.788. The summed E-state index contributed by atoms with van der Waals surface area (Å²) in [7, 11) is 0. The van der Waals surface area contributed by atoms with Crippen molar-refractivity contribution in [1.29, 1.82) is 0 Å². The van der Waals surface area contributed by atoms with Gasteiger partial charge in [-0.15, -0.1) is 0 Å². The van der Waals surface area contributed by atoms with E-state index in [2.05, 4.69) is 10.3 Å². The smallest absolute Gasteiger partial charge is 0.353 e. The summed E-state index contributed by atoms with van der Waals surface area (Å²) in [6.07, 6.45) is -0.0620. The number of esters is 1. The molecular formula is C12H12N2O3. The first-order valence-corrected chi connectivity index (χ1v) is 5.34. The number of aliphatic imine (C=N–C) groups is 1. The number of nitrogens with zero attached hydrogens (tertiary/aromatic N) is 1. The van der Waals surface area contributed by atoms with Gasteiger partial charge in [-0.2, -0.15) is 0 Å². The molecule has 1 aromatic carbocycles. The molecule has 0 radical (unpaired) electrons. The molecule has 0 fully saturated rings. The number of ether oxygens (including phenoxy) is 1. The van der Waals surface area contributed by atoms with Crippen molar-refractivity contribution in [3.05, 3.63) is 24.3 Å². The maximum Gasteiger partial charge on any atom is 0.353 e. The number of carbonyl (C=O) groups is 2. The van der Waals surface area contributed by atoms with Gasteiger partial charge in [0.2, 0.25) is 5.91 Å². The van der Waals surface area contributed by atoms with Crippen LogP contribution in [0.25, 0.3) is 0 Å². The predicted octanol–water partition coefficient (Wildman–Crippen LogP) is 1.66. The highest BCUT2D eigenvalue weighted by Crippen LogP contribution is 2.27. The van der Waals surface area contributed by atoms with Gasteiger partial charge in [-0.05, 0) is 19.1 Å². The van der Waals surface area contributed by atoms with E-state index < -0.39 is 5.97 Å². The van der Waals surface area contributed by atoms with E-state index >= 15 is 0 Å². The number of para-hydroxylation sites is 2. The second-order valence-electron chi connectivity index (χ2n) is 3.52. The molecule has 1 aliphatic rings. The predicted molar refractivity (Wildman–Crippen MR) is 63.4 cm³/mol. The Morgan fingerprint density at radius 1 is 1.47 bits per heavy atom. The summed E-state index contributed by atoms with van der Waals surface area (Å²) in [5.74, 6) is -0.805. The summed E-state index contributed by atoms with van der Waals surface area (Å²) in [6, 6.07) is 7.07. The molecule has 88 valence electrons. The third-order valence-electron chi connectivity index (χ3n) is 2.27. The van der Waals surface area contributed by atoms with Gasteiger partial charge in [-0.3, -0.25) is 4.79 Å². The van der Waals surface area contributed by atoms with E-state index in [1.54, 1.807) is 31.2 Å². The van der Waals surface area contributed by atoms with Crippen molar-refractivity contribution < 1.29 is 14.3 Å². The number of amides is 1. The van der Waals surface area contributed by atoms with E-state index in [9.17, 15) is 9.59 Å². The van der Waals surface area contributed by atoms with Crippen molar-refractivity contribution >= 4 is 29.0 Å². The van der Waals surface area contributed by atoms with Gasteiger partial charge in [-0.25, -0.2) is 9.79 Å². The minimum Gasteiger partial charge on any atom is -0.461 e. The molecule has 1 amide bonds. The van der Waals surface area contributed by atoms with Crippen molar-refractivity contribution in [2.24, 2.45) is 4.99 Å². The molecular weight excluding hydrogens is 220 g/mol. The van der Waals surface area contributed by atoms with Crippen LogP contribution in [0.15, 0.2) is 29.3 Å². The Labute approximate surface area is 98.5 Å². The number of rotatable bonds is 2. The Morgan fingerprint density at radius 3 is 3.00 bits per heavy atom. The Kier molecular flexibility index (Phi) is 3.18. The monoisotopic (exact) mass is 232 g/mol. The van der Waals surface area contributed by atoms with Crippen molar-refractivity contribution in [2.45, 2.75) is 13.3 Å². The highest BCUT2D eigenvalue weighted by Gasteiger charge is 2.21. The molecule has 1 aromatic rings. The fraction of sp³-hybridized carbons (Fsp3) is 0.250. The molecule has 1 heterocycles. The topological polar surface area (TPSA) is 67.8 Å². The van der Waals surface area contributed by atoms with Crippen molar-refractivity contribution in [2.75, 3.05) is 11.9 Å². The maximum absolute atomic E-state index is 11.6. The molecule has 0 aromatic heterocycles. The van der Waals surface area contributed by atoms with Gasteiger partial charge in [0.1, 0.15) is 5.71 Å². The molecule has 0 bridgehead atoms. The average molecular weight is 232 g/mol. The van der Waals surface area contributed by atoms with E-state index in [1.807, 2.05) is 0 Å². The summed E-state index contributed by atoms with van der Waals surface area (Å²) in [5, 5.41) is 2.69. The SMILES string of the molecule is CCOC(=O)C1=Nc2ccccc2NC(=O)C1. The van der Waals surface area contributed by atoms with Crippen molar-refractivity contribution in [3.8, 4) is 0 Å². The molecule has 1 N–H and O–H groups in total. The van der Waals surface area contributed by atoms with E-state index in [1.165, 1.54) is 0 Å². The Hall–Kier alpha value is -2.17. The first-order chi connectivity index (χ1) is 8.20. The van der Waals surface area contributed by atoms with Gasteiger partial charge >= 0.3 is 5.97 Å². The van der Waals surface area contributed by atoms with Crippen LogP contribution in [0, 0.1) is 0 Å². The lowest BCUT2D eigenvalue weighted by molar-refractivity contribution is -0.135. The molecule has 5 nitrogen and oxygen atoms in total. The minimum absolute atomic E-state index is 0.0620. The first-order valence-electron chi connectivity index (χ1n) is 5.34. The summed E-state index contributed by atoms with van der Waals surface area (Å²) >= 11 is 0. The molecule has 1 aliphatic heterocycles.